The minimum Gasteiger partial charge on any atom is -0.480 e. The summed E-state index contributed by atoms with van der Waals surface area (Å²) in [6, 6.07) is -1.06. The third-order valence-corrected chi connectivity index (χ3v) is 5.43. The number of primary amides is 1. The lowest BCUT2D eigenvalue weighted by Crippen LogP contribution is -2.49. The average Bonchev–Trinajstić information content (AvgIpc) is 2.52. The smallest absolute Gasteiger partial charge is 0.326 e. The average molecular weight is 354 g/mol. The Morgan fingerprint density at radius 3 is 2.28 bits per heavy atom. The molecule has 0 heterocycles. The van der Waals surface area contributed by atoms with Crippen LogP contribution in [0.2, 0.25) is 0 Å². The largest absolute Gasteiger partial charge is 0.480 e. The van der Waals surface area contributed by atoms with Crippen LogP contribution in [0.3, 0.4) is 0 Å². The quantitative estimate of drug-likeness (QED) is 0.560. The van der Waals surface area contributed by atoms with Gasteiger partial charge in [-0.2, -0.15) is 0 Å². The number of carbonyl (C=O) groups excluding carboxylic acids is 2. The minimum absolute atomic E-state index is 0.0321. The summed E-state index contributed by atoms with van der Waals surface area (Å²) in [5.74, 6) is -0.503. The molecule has 1 fully saturated rings. The molecule has 0 aromatic heterocycles. The number of nitrogens with one attached hydrogen (secondary N) is 1. The number of aliphatic carboxylic acids is 1. The second-order valence-electron chi connectivity index (χ2n) is 8.20. The highest BCUT2D eigenvalue weighted by molar-refractivity contribution is 5.87. The van der Waals surface area contributed by atoms with Crippen molar-refractivity contribution in [3.05, 3.63) is 0 Å². The van der Waals surface area contributed by atoms with Gasteiger partial charge >= 0.3 is 5.97 Å². The molecule has 6 heteroatoms. The van der Waals surface area contributed by atoms with Crippen molar-refractivity contribution < 1.29 is 19.5 Å². The molecule has 0 aromatic carbocycles. The normalized spacial score (nSPS) is 24.7. The fraction of sp³-hybridized carbons (Fsp3) is 0.842. The summed E-state index contributed by atoms with van der Waals surface area (Å²) < 4.78 is 0. The zero-order valence-electron chi connectivity index (χ0n) is 15.8. The molecule has 0 saturated heterocycles. The standard InChI is InChI=1S/C19H34N2O4/c1-13(2)5-4-6-14-9-11-19(3,12-10-14)18(25)21-15(17(23)24)7-8-16(20)22/h13-15H,4-12H2,1-3H3,(H2,20,22)(H,21,25)(H,23,24). The van der Waals surface area contributed by atoms with Crippen molar-refractivity contribution in [2.24, 2.45) is 23.0 Å². The number of carboxylic acids is 1. The van der Waals surface area contributed by atoms with Crippen molar-refractivity contribution in [3.63, 3.8) is 0 Å². The van der Waals surface area contributed by atoms with E-state index < -0.39 is 23.3 Å². The van der Waals surface area contributed by atoms with Gasteiger partial charge in [0, 0.05) is 11.8 Å². The Labute approximate surface area is 150 Å². The lowest BCUT2D eigenvalue weighted by atomic mass is 9.70. The highest BCUT2D eigenvalue weighted by Gasteiger charge is 2.38. The van der Waals surface area contributed by atoms with E-state index in [0.717, 1.165) is 31.6 Å². The number of amides is 2. The van der Waals surface area contributed by atoms with Gasteiger partial charge in [0.05, 0.1) is 0 Å². The van der Waals surface area contributed by atoms with Gasteiger partial charge in [0.25, 0.3) is 0 Å². The molecule has 25 heavy (non-hydrogen) atoms. The first-order chi connectivity index (χ1) is 11.6. The van der Waals surface area contributed by atoms with Crippen LogP contribution in [0.15, 0.2) is 0 Å². The highest BCUT2D eigenvalue weighted by Crippen LogP contribution is 2.40. The van der Waals surface area contributed by atoms with E-state index in [1.165, 1.54) is 19.3 Å². The zero-order valence-corrected chi connectivity index (χ0v) is 15.8. The second kappa shape index (κ2) is 9.78. The molecule has 1 aliphatic rings. The molecule has 2 amide bonds. The summed E-state index contributed by atoms with van der Waals surface area (Å²) in [4.78, 5) is 34.7. The van der Waals surface area contributed by atoms with Gasteiger partial charge in [0.2, 0.25) is 11.8 Å². The SMILES string of the molecule is CC(C)CCCC1CCC(C)(C(=O)NC(CCC(N)=O)C(=O)O)CC1. The maximum atomic E-state index is 12.6. The summed E-state index contributed by atoms with van der Waals surface area (Å²) in [5, 5.41) is 11.8. The van der Waals surface area contributed by atoms with Crippen LogP contribution in [0.1, 0.15) is 78.6 Å². The minimum atomic E-state index is -1.12. The van der Waals surface area contributed by atoms with E-state index in [1.807, 2.05) is 6.92 Å². The van der Waals surface area contributed by atoms with Crippen LogP contribution in [0.25, 0.3) is 0 Å². The van der Waals surface area contributed by atoms with Crippen molar-refractivity contribution in [1.82, 2.24) is 5.32 Å². The van der Waals surface area contributed by atoms with Gasteiger partial charge in [-0.3, -0.25) is 9.59 Å². The predicted molar refractivity (Wildman–Crippen MR) is 96.7 cm³/mol. The first-order valence-corrected chi connectivity index (χ1v) is 9.46. The summed E-state index contributed by atoms with van der Waals surface area (Å²) >= 11 is 0. The Morgan fingerprint density at radius 2 is 1.80 bits per heavy atom. The molecule has 1 rings (SSSR count). The summed E-state index contributed by atoms with van der Waals surface area (Å²) in [7, 11) is 0. The molecule has 1 aliphatic carbocycles. The molecule has 0 radical (unpaired) electrons. The van der Waals surface area contributed by atoms with E-state index in [9.17, 15) is 19.5 Å². The van der Waals surface area contributed by atoms with Crippen molar-refractivity contribution in [2.45, 2.75) is 84.6 Å². The molecule has 0 bridgehead atoms. The van der Waals surface area contributed by atoms with E-state index in [4.69, 9.17) is 5.73 Å². The number of hydrogen-bond donors (Lipinski definition) is 3. The Bertz CT molecular complexity index is 468. The molecule has 1 unspecified atom stereocenters. The lowest BCUT2D eigenvalue weighted by Gasteiger charge is -2.37. The number of carboxylic acid groups (broad SMARTS) is 1. The van der Waals surface area contributed by atoms with Gasteiger partial charge in [0.1, 0.15) is 6.04 Å². The molecule has 0 aromatic rings. The van der Waals surface area contributed by atoms with Gasteiger partial charge in [-0.15, -0.1) is 0 Å². The van der Waals surface area contributed by atoms with Crippen LogP contribution >= 0.6 is 0 Å². The van der Waals surface area contributed by atoms with Gasteiger partial charge in [0.15, 0.2) is 0 Å². The molecule has 0 spiro atoms. The zero-order chi connectivity index (χ0) is 19.0. The molecule has 0 aliphatic heterocycles. The van der Waals surface area contributed by atoms with E-state index >= 15 is 0 Å². The first kappa shape index (κ1) is 21.5. The van der Waals surface area contributed by atoms with Gasteiger partial charge in [-0.05, 0) is 43.9 Å². The van der Waals surface area contributed by atoms with Crippen LogP contribution < -0.4 is 11.1 Å². The van der Waals surface area contributed by atoms with Crippen molar-refractivity contribution in [3.8, 4) is 0 Å². The summed E-state index contributed by atoms with van der Waals surface area (Å²) in [6.07, 6.45) is 7.28. The van der Waals surface area contributed by atoms with E-state index in [0.29, 0.717) is 5.92 Å². The molecule has 4 N–H and O–H groups in total. The Morgan fingerprint density at radius 1 is 1.20 bits per heavy atom. The predicted octanol–water partition coefficient (Wildman–Crippen LogP) is 2.84. The van der Waals surface area contributed by atoms with E-state index in [2.05, 4.69) is 19.2 Å². The molecule has 6 nitrogen and oxygen atoms in total. The summed E-state index contributed by atoms with van der Waals surface area (Å²) in [6.45, 7) is 6.39. The maximum absolute atomic E-state index is 12.6. The van der Waals surface area contributed by atoms with E-state index in [1.54, 1.807) is 0 Å². The molecular formula is C19H34N2O4. The Kier molecular flexibility index (Phi) is 8.39. The number of nitrogens with two attached hydrogens (primary N) is 1. The van der Waals surface area contributed by atoms with Crippen molar-refractivity contribution in [2.75, 3.05) is 0 Å². The third-order valence-electron chi connectivity index (χ3n) is 5.43. The van der Waals surface area contributed by atoms with Crippen LogP contribution in [-0.2, 0) is 14.4 Å². The monoisotopic (exact) mass is 354 g/mol. The molecular weight excluding hydrogens is 320 g/mol. The van der Waals surface area contributed by atoms with Crippen molar-refractivity contribution >= 4 is 17.8 Å². The Balaban J connectivity index is 2.49. The van der Waals surface area contributed by atoms with Gasteiger partial charge in [-0.25, -0.2) is 4.79 Å². The Hall–Kier alpha value is -1.59. The topological polar surface area (TPSA) is 109 Å². The first-order valence-electron chi connectivity index (χ1n) is 9.46. The van der Waals surface area contributed by atoms with Crippen LogP contribution in [0, 0.1) is 17.3 Å². The molecule has 1 atom stereocenters. The van der Waals surface area contributed by atoms with Crippen LogP contribution in [0.5, 0.6) is 0 Å². The lowest BCUT2D eigenvalue weighted by molar-refractivity contribution is -0.144. The maximum Gasteiger partial charge on any atom is 0.326 e. The van der Waals surface area contributed by atoms with Gasteiger partial charge < -0.3 is 16.2 Å². The van der Waals surface area contributed by atoms with E-state index in [-0.39, 0.29) is 18.7 Å². The fourth-order valence-electron chi connectivity index (χ4n) is 3.52. The molecule has 144 valence electrons. The number of rotatable bonds is 10. The number of carbonyl (C=O) groups is 3. The van der Waals surface area contributed by atoms with Crippen LogP contribution in [-0.4, -0.2) is 28.9 Å². The van der Waals surface area contributed by atoms with Crippen LogP contribution in [0.4, 0.5) is 0 Å². The van der Waals surface area contributed by atoms with Crippen molar-refractivity contribution in [1.29, 1.82) is 0 Å². The number of hydrogen-bond acceptors (Lipinski definition) is 3. The molecule has 1 saturated carbocycles. The third kappa shape index (κ3) is 7.45. The highest BCUT2D eigenvalue weighted by atomic mass is 16.4. The van der Waals surface area contributed by atoms with Gasteiger partial charge in [-0.1, -0.05) is 40.0 Å². The second-order valence-corrected chi connectivity index (χ2v) is 8.20. The summed E-state index contributed by atoms with van der Waals surface area (Å²) in [5.41, 5.74) is 4.55. The fourth-order valence-corrected chi connectivity index (χ4v) is 3.52.